The van der Waals surface area contributed by atoms with Crippen LogP contribution >= 0.6 is 0 Å². The first-order chi connectivity index (χ1) is 9.65. The standard InChI is InChI=1S/C16H30N4/c1-4-8-19-12-14(11-18-19)16(10-17)20(15-5-6-15)9-7-13(2)3/h11-13,15-16H,4-10,17H2,1-3H3. The van der Waals surface area contributed by atoms with Crippen molar-refractivity contribution in [3.05, 3.63) is 18.0 Å². The molecule has 2 N–H and O–H groups in total. The minimum absolute atomic E-state index is 0.340. The fraction of sp³-hybridized carbons (Fsp3) is 0.812. The summed E-state index contributed by atoms with van der Waals surface area (Å²) in [5, 5.41) is 4.47. The molecule has 2 rings (SSSR count). The molecule has 1 saturated carbocycles. The lowest BCUT2D eigenvalue weighted by molar-refractivity contribution is 0.180. The van der Waals surface area contributed by atoms with Crippen LogP contribution in [0.2, 0.25) is 0 Å². The zero-order chi connectivity index (χ0) is 14.5. The van der Waals surface area contributed by atoms with E-state index in [1.807, 2.05) is 10.9 Å². The molecular weight excluding hydrogens is 248 g/mol. The summed E-state index contributed by atoms with van der Waals surface area (Å²) in [4.78, 5) is 2.62. The maximum Gasteiger partial charge on any atom is 0.0538 e. The number of hydrogen-bond acceptors (Lipinski definition) is 3. The first-order valence-corrected chi connectivity index (χ1v) is 8.13. The molecule has 0 amide bonds. The lowest BCUT2D eigenvalue weighted by atomic mass is 10.1. The van der Waals surface area contributed by atoms with Gasteiger partial charge in [0.15, 0.2) is 0 Å². The molecule has 0 aromatic carbocycles. The van der Waals surface area contributed by atoms with Crippen molar-refractivity contribution < 1.29 is 0 Å². The molecule has 0 aliphatic heterocycles. The topological polar surface area (TPSA) is 47.1 Å². The van der Waals surface area contributed by atoms with Gasteiger partial charge in [0, 0.05) is 30.9 Å². The molecule has 1 unspecified atom stereocenters. The van der Waals surface area contributed by atoms with E-state index in [1.165, 1.54) is 24.8 Å². The third-order valence-corrected chi connectivity index (χ3v) is 4.09. The molecular formula is C16H30N4. The smallest absolute Gasteiger partial charge is 0.0538 e. The number of nitrogens with zero attached hydrogens (tertiary/aromatic N) is 3. The maximum atomic E-state index is 6.08. The molecule has 1 aromatic rings. The highest BCUT2D eigenvalue weighted by Gasteiger charge is 2.34. The average Bonchev–Trinajstić information content (AvgIpc) is 3.15. The second-order valence-corrected chi connectivity index (χ2v) is 6.44. The lowest BCUT2D eigenvalue weighted by Crippen LogP contribution is -2.36. The van der Waals surface area contributed by atoms with Gasteiger partial charge in [0.05, 0.1) is 12.2 Å². The molecule has 0 spiro atoms. The van der Waals surface area contributed by atoms with Gasteiger partial charge in [-0.25, -0.2) is 0 Å². The van der Waals surface area contributed by atoms with Gasteiger partial charge in [0.25, 0.3) is 0 Å². The number of aromatic nitrogens is 2. The largest absolute Gasteiger partial charge is 0.329 e. The normalized spacial score (nSPS) is 17.1. The van der Waals surface area contributed by atoms with E-state index in [-0.39, 0.29) is 0 Å². The molecule has 1 aromatic heterocycles. The molecule has 0 bridgehead atoms. The van der Waals surface area contributed by atoms with Gasteiger partial charge in [-0.1, -0.05) is 20.8 Å². The Bertz CT molecular complexity index is 395. The predicted molar refractivity (Wildman–Crippen MR) is 83.5 cm³/mol. The Morgan fingerprint density at radius 2 is 2.20 bits per heavy atom. The van der Waals surface area contributed by atoms with Crippen molar-refractivity contribution in [2.45, 2.75) is 65.1 Å². The SMILES string of the molecule is CCCn1cc(C(CN)N(CCC(C)C)C2CC2)cn1. The number of rotatable bonds is 9. The second kappa shape index (κ2) is 7.23. The van der Waals surface area contributed by atoms with Crippen LogP contribution in [0.5, 0.6) is 0 Å². The minimum Gasteiger partial charge on any atom is -0.329 e. The third kappa shape index (κ3) is 4.06. The van der Waals surface area contributed by atoms with E-state index in [1.54, 1.807) is 0 Å². The first-order valence-electron chi connectivity index (χ1n) is 8.13. The zero-order valence-electron chi connectivity index (χ0n) is 13.3. The molecule has 0 radical (unpaired) electrons. The maximum absolute atomic E-state index is 6.08. The summed E-state index contributed by atoms with van der Waals surface area (Å²) in [6, 6.07) is 1.09. The van der Waals surface area contributed by atoms with Crippen molar-refractivity contribution in [2.75, 3.05) is 13.1 Å². The van der Waals surface area contributed by atoms with Crippen molar-refractivity contribution >= 4 is 0 Å². The summed E-state index contributed by atoms with van der Waals surface area (Å²) in [7, 11) is 0. The summed E-state index contributed by atoms with van der Waals surface area (Å²) in [5.74, 6) is 0.748. The van der Waals surface area contributed by atoms with Crippen LogP contribution in [0.4, 0.5) is 0 Å². The van der Waals surface area contributed by atoms with Crippen LogP contribution in [-0.2, 0) is 6.54 Å². The highest BCUT2D eigenvalue weighted by molar-refractivity contribution is 5.13. The van der Waals surface area contributed by atoms with Gasteiger partial charge in [0.1, 0.15) is 0 Å². The predicted octanol–water partition coefficient (Wildman–Crippen LogP) is 2.80. The van der Waals surface area contributed by atoms with E-state index in [4.69, 9.17) is 5.73 Å². The van der Waals surface area contributed by atoms with E-state index in [9.17, 15) is 0 Å². The quantitative estimate of drug-likeness (QED) is 0.755. The Hall–Kier alpha value is -0.870. The highest BCUT2D eigenvalue weighted by atomic mass is 15.3. The van der Waals surface area contributed by atoms with Gasteiger partial charge < -0.3 is 5.73 Å². The lowest BCUT2D eigenvalue weighted by Gasteiger charge is -2.31. The molecule has 4 heteroatoms. The van der Waals surface area contributed by atoms with Crippen LogP contribution in [0, 0.1) is 5.92 Å². The van der Waals surface area contributed by atoms with Crippen LogP contribution in [-0.4, -0.2) is 33.8 Å². The van der Waals surface area contributed by atoms with Crippen molar-refractivity contribution in [2.24, 2.45) is 11.7 Å². The van der Waals surface area contributed by atoms with Gasteiger partial charge in [-0.3, -0.25) is 9.58 Å². The molecule has 0 saturated heterocycles. The van der Waals surface area contributed by atoms with Crippen LogP contribution in [0.3, 0.4) is 0 Å². The summed E-state index contributed by atoms with van der Waals surface area (Å²) >= 11 is 0. The van der Waals surface area contributed by atoms with Gasteiger partial charge in [-0.2, -0.15) is 5.10 Å². The molecule has 114 valence electrons. The fourth-order valence-electron chi connectivity index (χ4n) is 2.77. The zero-order valence-corrected chi connectivity index (χ0v) is 13.3. The molecule has 1 aliphatic carbocycles. The van der Waals surface area contributed by atoms with Crippen LogP contribution in [0.1, 0.15) is 58.1 Å². The van der Waals surface area contributed by atoms with Crippen molar-refractivity contribution in [1.82, 2.24) is 14.7 Å². The van der Waals surface area contributed by atoms with Gasteiger partial charge in [-0.05, 0) is 38.1 Å². The van der Waals surface area contributed by atoms with Crippen LogP contribution < -0.4 is 5.73 Å². The molecule has 20 heavy (non-hydrogen) atoms. The number of hydrogen-bond donors (Lipinski definition) is 1. The van der Waals surface area contributed by atoms with E-state index >= 15 is 0 Å². The van der Waals surface area contributed by atoms with E-state index < -0.39 is 0 Å². The molecule has 1 heterocycles. The second-order valence-electron chi connectivity index (χ2n) is 6.44. The Morgan fingerprint density at radius 3 is 2.75 bits per heavy atom. The molecule has 1 fully saturated rings. The Labute approximate surface area is 123 Å². The first kappa shape index (κ1) is 15.5. The fourth-order valence-corrected chi connectivity index (χ4v) is 2.77. The Kier molecular flexibility index (Phi) is 5.61. The summed E-state index contributed by atoms with van der Waals surface area (Å²) in [6.07, 6.45) is 9.23. The Morgan fingerprint density at radius 1 is 1.45 bits per heavy atom. The van der Waals surface area contributed by atoms with Crippen molar-refractivity contribution in [3.8, 4) is 0 Å². The van der Waals surface area contributed by atoms with E-state index in [2.05, 4.69) is 37.0 Å². The van der Waals surface area contributed by atoms with E-state index in [0.717, 1.165) is 31.5 Å². The third-order valence-electron chi connectivity index (χ3n) is 4.09. The number of aryl methyl sites for hydroxylation is 1. The number of nitrogens with two attached hydrogens (primary N) is 1. The Balaban J connectivity index is 2.06. The van der Waals surface area contributed by atoms with Crippen molar-refractivity contribution in [1.29, 1.82) is 0 Å². The van der Waals surface area contributed by atoms with Gasteiger partial charge >= 0.3 is 0 Å². The molecule has 1 aliphatic rings. The van der Waals surface area contributed by atoms with Gasteiger partial charge in [0.2, 0.25) is 0 Å². The van der Waals surface area contributed by atoms with Gasteiger partial charge in [-0.15, -0.1) is 0 Å². The van der Waals surface area contributed by atoms with Crippen LogP contribution in [0.25, 0.3) is 0 Å². The molecule has 1 atom stereocenters. The molecule has 4 nitrogen and oxygen atoms in total. The monoisotopic (exact) mass is 278 g/mol. The highest BCUT2D eigenvalue weighted by Crippen LogP contribution is 2.34. The summed E-state index contributed by atoms with van der Waals surface area (Å²) in [5.41, 5.74) is 7.37. The summed E-state index contributed by atoms with van der Waals surface area (Å²) < 4.78 is 2.05. The minimum atomic E-state index is 0.340. The van der Waals surface area contributed by atoms with Crippen LogP contribution in [0.15, 0.2) is 12.4 Å². The average molecular weight is 278 g/mol. The summed E-state index contributed by atoms with van der Waals surface area (Å²) in [6.45, 7) is 9.60. The van der Waals surface area contributed by atoms with E-state index in [0.29, 0.717) is 12.6 Å². The van der Waals surface area contributed by atoms with Crippen molar-refractivity contribution in [3.63, 3.8) is 0 Å².